The third kappa shape index (κ3) is 1.74. The summed E-state index contributed by atoms with van der Waals surface area (Å²) in [7, 11) is 1.96. The summed E-state index contributed by atoms with van der Waals surface area (Å²) in [6, 6.07) is 0.369. The molecule has 1 saturated heterocycles. The predicted molar refractivity (Wildman–Crippen MR) is 63.0 cm³/mol. The van der Waals surface area contributed by atoms with Crippen molar-refractivity contribution in [2.75, 3.05) is 0 Å². The Morgan fingerprint density at radius 3 is 2.76 bits per heavy atom. The van der Waals surface area contributed by atoms with Gasteiger partial charge in [-0.3, -0.25) is 4.79 Å². The molecule has 2 aliphatic rings. The van der Waals surface area contributed by atoms with Crippen molar-refractivity contribution in [3.63, 3.8) is 0 Å². The number of hydrogen-bond acceptors (Lipinski definition) is 3. The summed E-state index contributed by atoms with van der Waals surface area (Å²) in [6.07, 6.45) is 7.25. The van der Waals surface area contributed by atoms with E-state index in [1.54, 1.807) is 6.20 Å². The second-order valence-electron chi connectivity index (χ2n) is 5.08. The minimum atomic E-state index is -0.0382. The van der Waals surface area contributed by atoms with Crippen molar-refractivity contribution in [2.24, 2.45) is 12.8 Å². The van der Waals surface area contributed by atoms with Gasteiger partial charge < -0.3 is 15.2 Å². The Morgan fingerprint density at radius 1 is 1.41 bits per heavy atom. The van der Waals surface area contributed by atoms with Crippen LogP contribution in [0, 0.1) is 0 Å². The molecule has 1 amide bonds. The van der Waals surface area contributed by atoms with Gasteiger partial charge in [0.05, 0.1) is 0 Å². The molecule has 0 radical (unpaired) electrons. The summed E-state index contributed by atoms with van der Waals surface area (Å²) in [6.45, 7) is 0. The number of nitrogens with zero attached hydrogens (tertiary/aromatic N) is 3. The number of nitrogens with two attached hydrogens (primary N) is 1. The van der Waals surface area contributed by atoms with Crippen molar-refractivity contribution < 1.29 is 4.79 Å². The second kappa shape index (κ2) is 3.84. The first-order chi connectivity index (χ1) is 8.18. The van der Waals surface area contributed by atoms with Gasteiger partial charge in [-0.15, -0.1) is 0 Å². The smallest absolute Gasteiger partial charge is 0.223 e. The molecule has 2 fully saturated rings. The molecule has 1 aliphatic carbocycles. The van der Waals surface area contributed by atoms with E-state index >= 15 is 0 Å². The molecular weight excluding hydrogens is 216 g/mol. The van der Waals surface area contributed by atoms with Gasteiger partial charge in [0.1, 0.15) is 11.9 Å². The molecule has 0 spiro atoms. The highest BCUT2D eigenvalue weighted by Gasteiger charge is 2.44. The van der Waals surface area contributed by atoms with Crippen molar-refractivity contribution in [3.05, 3.63) is 18.2 Å². The van der Waals surface area contributed by atoms with Crippen LogP contribution in [-0.2, 0) is 11.8 Å². The molecule has 17 heavy (non-hydrogen) atoms. The third-order valence-electron chi connectivity index (χ3n) is 3.75. The first kappa shape index (κ1) is 10.8. The Hall–Kier alpha value is -1.36. The average Bonchev–Trinajstić information content (AvgIpc) is 3.05. The number of carbonyl (C=O) groups excluding carboxylic acids is 1. The molecule has 2 N–H and O–H groups in total. The standard InChI is InChI=1S/C12H18N4O/c1-15-7-6-14-12(15)11-9(13)4-5-10(17)16(11)8-2-3-8/h6-9,11H,2-5,13H2,1H3/t9-,11-/m1/s1. The average molecular weight is 234 g/mol. The lowest BCUT2D eigenvalue weighted by molar-refractivity contribution is -0.138. The molecule has 1 aromatic rings. The van der Waals surface area contributed by atoms with Gasteiger partial charge in [0.15, 0.2) is 0 Å². The maximum Gasteiger partial charge on any atom is 0.223 e. The topological polar surface area (TPSA) is 64.2 Å². The van der Waals surface area contributed by atoms with E-state index in [1.807, 2.05) is 22.7 Å². The highest BCUT2D eigenvalue weighted by atomic mass is 16.2. The van der Waals surface area contributed by atoms with Crippen LogP contribution in [0.4, 0.5) is 0 Å². The predicted octanol–water partition coefficient (Wildman–Crippen LogP) is 0.573. The Bertz CT molecular complexity index is 437. The van der Waals surface area contributed by atoms with E-state index in [-0.39, 0.29) is 18.0 Å². The van der Waals surface area contributed by atoms with Gasteiger partial charge in [-0.05, 0) is 19.3 Å². The van der Waals surface area contributed by atoms with Gasteiger partial charge in [0.25, 0.3) is 0 Å². The summed E-state index contributed by atoms with van der Waals surface area (Å²) in [5, 5.41) is 0. The van der Waals surface area contributed by atoms with Crippen molar-refractivity contribution in [2.45, 2.75) is 43.8 Å². The fourth-order valence-corrected chi connectivity index (χ4v) is 2.70. The van der Waals surface area contributed by atoms with Crippen molar-refractivity contribution in [1.82, 2.24) is 14.5 Å². The molecule has 2 heterocycles. The third-order valence-corrected chi connectivity index (χ3v) is 3.75. The maximum absolute atomic E-state index is 12.1. The van der Waals surface area contributed by atoms with E-state index in [2.05, 4.69) is 4.98 Å². The Kier molecular flexibility index (Phi) is 2.43. The fourth-order valence-electron chi connectivity index (χ4n) is 2.70. The number of rotatable bonds is 2. The van der Waals surface area contributed by atoms with Gasteiger partial charge in [-0.2, -0.15) is 0 Å². The normalized spacial score (nSPS) is 29.8. The molecule has 0 aromatic carbocycles. The Morgan fingerprint density at radius 2 is 2.18 bits per heavy atom. The van der Waals surface area contributed by atoms with Crippen molar-refractivity contribution >= 4 is 5.91 Å². The highest BCUT2D eigenvalue weighted by molar-refractivity contribution is 5.78. The number of piperidine rings is 1. The van der Waals surface area contributed by atoms with Crippen LogP contribution in [0.5, 0.6) is 0 Å². The van der Waals surface area contributed by atoms with Crippen LogP contribution in [-0.4, -0.2) is 32.4 Å². The van der Waals surface area contributed by atoms with Crippen LogP contribution in [0.3, 0.4) is 0 Å². The van der Waals surface area contributed by atoms with Crippen molar-refractivity contribution in [3.8, 4) is 0 Å². The summed E-state index contributed by atoms with van der Waals surface area (Å²) in [4.78, 5) is 18.4. The lowest BCUT2D eigenvalue weighted by Crippen LogP contribution is -2.50. The van der Waals surface area contributed by atoms with Crippen LogP contribution in [0.2, 0.25) is 0 Å². The molecule has 5 nitrogen and oxygen atoms in total. The van der Waals surface area contributed by atoms with Crippen LogP contribution in [0.25, 0.3) is 0 Å². The number of aromatic nitrogens is 2. The van der Waals surface area contributed by atoms with Crippen LogP contribution in [0.1, 0.15) is 37.5 Å². The highest BCUT2D eigenvalue weighted by Crippen LogP contribution is 2.39. The second-order valence-corrected chi connectivity index (χ2v) is 5.08. The van der Waals surface area contributed by atoms with E-state index in [0.29, 0.717) is 12.5 Å². The number of imidazole rings is 1. The van der Waals surface area contributed by atoms with Crippen LogP contribution in [0.15, 0.2) is 12.4 Å². The monoisotopic (exact) mass is 234 g/mol. The first-order valence-corrected chi connectivity index (χ1v) is 6.22. The minimum absolute atomic E-state index is 0.00870. The van der Waals surface area contributed by atoms with Gasteiger partial charge in [0, 0.05) is 37.9 Å². The number of likely N-dealkylation sites (tertiary alicyclic amines) is 1. The molecule has 5 heteroatoms. The molecular formula is C12H18N4O. The van der Waals surface area contributed by atoms with Gasteiger partial charge in [0.2, 0.25) is 5.91 Å². The van der Waals surface area contributed by atoms with Gasteiger partial charge in [-0.25, -0.2) is 4.98 Å². The zero-order chi connectivity index (χ0) is 12.0. The van der Waals surface area contributed by atoms with E-state index in [9.17, 15) is 4.79 Å². The minimum Gasteiger partial charge on any atom is -0.336 e. The van der Waals surface area contributed by atoms with E-state index in [0.717, 1.165) is 25.1 Å². The molecule has 1 aromatic heterocycles. The lowest BCUT2D eigenvalue weighted by atomic mass is 9.95. The number of carbonyl (C=O) groups is 1. The lowest BCUT2D eigenvalue weighted by Gasteiger charge is -2.39. The molecule has 92 valence electrons. The quantitative estimate of drug-likeness (QED) is 0.813. The van der Waals surface area contributed by atoms with Crippen LogP contribution < -0.4 is 5.73 Å². The molecule has 0 bridgehead atoms. The first-order valence-electron chi connectivity index (χ1n) is 6.22. The molecule has 1 aliphatic heterocycles. The SMILES string of the molecule is Cn1ccnc1[C@H]1[C@H](N)CCC(=O)N1C1CC1. The zero-order valence-corrected chi connectivity index (χ0v) is 10.0. The van der Waals surface area contributed by atoms with E-state index < -0.39 is 0 Å². The largest absolute Gasteiger partial charge is 0.336 e. The summed E-state index contributed by atoms with van der Waals surface area (Å²) < 4.78 is 1.97. The van der Waals surface area contributed by atoms with Crippen molar-refractivity contribution in [1.29, 1.82) is 0 Å². The maximum atomic E-state index is 12.1. The molecule has 2 atom stereocenters. The molecule has 1 saturated carbocycles. The van der Waals surface area contributed by atoms with E-state index in [4.69, 9.17) is 5.73 Å². The molecule has 3 rings (SSSR count). The summed E-state index contributed by atoms with van der Waals surface area (Å²) in [5.74, 6) is 1.15. The van der Waals surface area contributed by atoms with Crippen LogP contribution >= 0.6 is 0 Å². The summed E-state index contributed by atoms with van der Waals surface area (Å²) >= 11 is 0. The number of hydrogen-bond donors (Lipinski definition) is 1. The fraction of sp³-hybridized carbons (Fsp3) is 0.667. The van der Waals surface area contributed by atoms with E-state index in [1.165, 1.54) is 0 Å². The number of aryl methyl sites for hydroxylation is 1. The Balaban J connectivity index is 1.97. The molecule has 0 unspecified atom stereocenters. The Labute approximate surface area is 101 Å². The summed E-state index contributed by atoms with van der Waals surface area (Å²) in [5.41, 5.74) is 6.21. The zero-order valence-electron chi connectivity index (χ0n) is 10.0. The number of amides is 1. The van der Waals surface area contributed by atoms with Gasteiger partial charge >= 0.3 is 0 Å². The van der Waals surface area contributed by atoms with Gasteiger partial charge in [-0.1, -0.05) is 0 Å².